The van der Waals surface area contributed by atoms with Crippen molar-refractivity contribution in [2.24, 2.45) is 11.8 Å². The molecule has 2 atom stereocenters. The molecule has 1 aromatic carbocycles. The molecule has 6 heteroatoms. The highest BCUT2D eigenvalue weighted by atomic mass is 32.1. The molecule has 2 heterocycles. The van der Waals surface area contributed by atoms with E-state index < -0.39 is 0 Å². The number of nitrogens with one attached hydrogen (secondary N) is 2. The van der Waals surface area contributed by atoms with Gasteiger partial charge >= 0.3 is 0 Å². The van der Waals surface area contributed by atoms with Crippen molar-refractivity contribution < 1.29 is 4.79 Å². The predicted molar refractivity (Wildman–Crippen MR) is 128 cm³/mol. The molecule has 166 valence electrons. The Bertz CT molecular complexity index is 757. The normalized spacial score (nSPS) is 22.1. The van der Waals surface area contributed by atoms with Crippen LogP contribution in [0.5, 0.6) is 0 Å². The minimum Gasteiger partial charge on any atom is -0.349 e. The third-order valence-corrected chi connectivity index (χ3v) is 6.93. The molecule has 0 bridgehead atoms. The van der Waals surface area contributed by atoms with Gasteiger partial charge in [0, 0.05) is 38.2 Å². The molecule has 5 nitrogen and oxygen atoms in total. The highest BCUT2D eigenvalue weighted by Crippen LogP contribution is 2.35. The Morgan fingerprint density at radius 2 is 2.00 bits per heavy atom. The van der Waals surface area contributed by atoms with Gasteiger partial charge in [-0.2, -0.15) is 0 Å². The summed E-state index contributed by atoms with van der Waals surface area (Å²) in [5.41, 5.74) is 2.02. The van der Waals surface area contributed by atoms with E-state index in [0.29, 0.717) is 11.8 Å². The van der Waals surface area contributed by atoms with Crippen LogP contribution < -0.4 is 10.6 Å². The maximum Gasteiger partial charge on any atom is 0.241 e. The molecule has 1 aromatic rings. The molecule has 2 aliphatic rings. The van der Waals surface area contributed by atoms with E-state index >= 15 is 0 Å². The van der Waals surface area contributed by atoms with Gasteiger partial charge in [-0.1, -0.05) is 46.2 Å². The molecule has 0 unspecified atom stereocenters. The Labute approximate surface area is 187 Å². The average Bonchev–Trinajstić information content (AvgIpc) is 2.93. The van der Waals surface area contributed by atoms with Crippen LogP contribution in [0.25, 0.3) is 0 Å². The quantitative estimate of drug-likeness (QED) is 0.656. The summed E-state index contributed by atoms with van der Waals surface area (Å²) in [4.78, 5) is 17.7. The number of rotatable bonds is 6. The maximum atomic E-state index is 13.3. The Hall–Kier alpha value is -1.66. The zero-order valence-electron chi connectivity index (χ0n) is 19.2. The molecule has 0 saturated carbocycles. The number of piperidine rings is 1. The zero-order valence-corrected chi connectivity index (χ0v) is 20.0. The largest absolute Gasteiger partial charge is 0.349 e. The van der Waals surface area contributed by atoms with Gasteiger partial charge in [0.15, 0.2) is 5.11 Å². The van der Waals surface area contributed by atoms with Crippen molar-refractivity contribution in [3.8, 4) is 0 Å². The number of carbonyl (C=O) groups excluding carboxylic acids is 1. The molecule has 0 aromatic heterocycles. The summed E-state index contributed by atoms with van der Waals surface area (Å²) in [6, 6.07) is 8.23. The number of hydrogen-bond acceptors (Lipinski definition) is 3. The van der Waals surface area contributed by atoms with E-state index in [0.717, 1.165) is 56.1 Å². The summed E-state index contributed by atoms with van der Waals surface area (Å²) in [5, 5.41) is 7.92. The van der Waals surface area contributed by atoms with Gasteiger partial charge in [0.25, 0.3) is 0 Å². The van der Waals surface area contributed by atoms with Gasteiger partial charge in [-0.15, -0.1) is 0 Å². The molecule has 2 N–H and O–H groups in total. The van der Waals surface area contributed by atoms with Gasteiger partial charge in [-0.05, 0) is 55.1 Å². The molecular formula is C24H38N4OS. The minimum atomic E-state index is -0.227. The summed E-state index contributed by atoms with van der Waals surface area (Å²) in [7, 11) is 0. The van der Waals surface area contributed by atoms with Crippen LogP contribution in [0, 0.1) is 18.8 Å². The molecule has 2 aliphatic heterocycles. The van der Waals surface area contributed by atoms with Crippen LogP contribution >= 0.6 is 12.2 Å². The lowest BCUT2D eigenvalue weighted by Gasteiger charge is -2.46. The standard InChI is InChI=1S/C24H38N4OS/c1-6-18(4)16-28-22(29)21(14-17(2)3)26-24(28)10-12-27(13-11-24)23(30)25-20-9-7-8-19(5)15-20/h7-9,15,17-18,21,26H,6,10-14,16H2,1-5H3,(H,25,30)/t18-,21-/m0/s1. The van der Waals surface area contributed by atoms with E-state index in [2.05, 4.69) is 67.2 Å². The second-order valence-corrected chi connectivity index (χ2v) is 9.99. The van der Waals surface area contributed by atoms with Gasteiger partial charge in [-0.3, -0.25) is 10.1 Å². The molecular weight excluding hydrogens is 392 g/mol. The average molecular weight is 431 g/mol. The monoisotopic (exact) mass is 430 g/mol. The molecule has 1 amide bonds. The second-order valence-electron chi connectivity index (χ2n) is 9.61. The van der Waals surface area contributed by atoms with Gasteiger partial charge in [-0.25, -0.2) is 0 Å². The van der Waals surface area contributed by atoms with E-state index in [4.69, 9.17) is 12.2 Å². The first-order valence-corrected chi connectivity index (χ1v) is 11.9. The Balaban J connectivity index is 1.68. The van der Waals surface area contributed by atoms with Crippen LogP contribution in [-0.4, -0.2) is 52.2 Å². The van der Waals surface area contributed by atoms with Crippen molar-refractivity contribution >= 4 is 28.9 Å². The summed E-state index contributed by atoms with van der Waals surface area (Å²) in [6.07, 6.45) is 3.79. The topological polar surface area (TPSA) is 47.6 Å². The zero-order chi connectivity index (χ0) is 21.9. The lowest BCUT2D eigenvalue weighted by molar-refractivity contribution is -0.134. The lowest BCUT2D eigenvalue weighted by Crippen LogP contribution is -2.60. The van der Waals surface area contributed by atoms with Crippen LogP contribution in [-0.2, 0) is 4.79 Å². The molecule has 30 heavy (non-hydrogen) atoms. The van der Waals surface area contributed by atoms with Gasteiger partial charge in [0.2, 0.25) is 5.91 Å². The van der Waals surface area contributed by atoms with E-state index in [9.17, 15) is 4.79 Å². The molecule has 1 spiro atoms. The van der Waals surface area contributed by atoms with Crippen LogP contribution in [0.15, 0.2) is 24.3 Å². The molecule has 0 radical (unpaired) electrons. The summed E-state index contributed by atoms with van der Waals surface area (Å²) in [5.74, 6) is 1.30. The number of amides is 1. The Kier molecular flexibility index (Phi) is 7.40. The maximum absolute atomic E-state index is 13.3. The number of benzene rings is 1. The number of hydrogen-bond donors (Lipinski definition) is 2. The number of anilines is 1. The first kappa shape index (κ1) is 23.0. The highest BCUT2D eigenvalue weighted by molar-refractivity contribution is 7.80. The first-order valence-electron chi connectivity index (χ1n) is 11.5. The van der Waals surface area contributed by atoms with Gasteiger partial charge in [0.05, 0.1) is 11.7 Å². The summed E-state index contributed by atoms with van der Waals surface area (Å²) < 4.78 is 0. The molecule has 0 aliphatic carbocycles. The summed E-state index contributed by atoms with van der Waals surface area (Å²) in [6.45, 7) is 13.5. The van der Waals surface area contributed by atoms with Crippen molar-refractivity contribution in [1.29, 1.82) is 0 Å². The van der Waals surface area contributed by atoms with Crippen LogP contribution in [0.1, 0.15) is 58.9 Å². The van der Waals surface area contributed by atoms with Crippen molar-refractivity contribution in [2.45, 2.75) is 72.0 Å². The van der Waals surface area contributed by atoms with E-state index in [1.54, 1.807) is 0 Å². The van der Waals surface area contributed by atoms with Gasteiger partial charge in [0.1, 0.15) is 0 Å². The van der Waals surface area contributed by atoms with E-state index in [1.165, 1.54) is 5.56 Å². The van der Waals surface area contributed by atoms with E-state index in [1.807, 2.05) is 12.1 Å². The first-order chi connectivity index (χ1) is 14.2. The second kappa shape index (κ2) is 9.65. The minimum absolute atomic E-state index is 0.0574. The number of thiocarbonyl (C=S) groups is 1. The predicted octanol–water partition coefficient (Wildman–Crippen LogP) is 4.38. The Morgan fingerprint density at radius 3 is 2.60 bits per heavy atom. The van der Waals surface area contributed by atoms with Crippen molar-refractivity contribution in [3.63, 3.8) is 0 Å². The Morgan fingerprint density at radius 1 is 1.30 bits per heavy atom. The van der Waals surface area contributed by atoms with E-state index in [-0.39, 0.29) is 17.6 Å². The van der Waals surface area contributed by atoms with Crippen molar-refractivity contribution in [1.82, 2.24) is 15.1 Å². The molecule has 3 rings (SSSR count). The van der Waals surface area contributed by atoms with Crippen LogP contribution in [0.3, 0.4) is 0 Å². The van der Waals surface area contributed by atoms with Crippen LogP contribution in [0.4, 0.5) is 5.69 Å². The fraction of sp³-hybridized carbons (Fsp3) is 0.667. The number of carbonyl (C=O) groups is 1. The SMILES string of the molecule is CC[C@H](C)CN1C(=O)[C@H](CC(C)C)NC12CCN(C(=S)Nc1cccc(C)c1)CC2. The van der Waals surface area contributed by atoms with Crippen molar-refractivity contribution in [3.05, 3.63) is 29.8 Å². The fourth-order valence-electron chi connectivity index (χ4n) is 4.62. The van der Waals surface area contributed by atoms with Crippen molar-refractivity contribution in [2.75, 3.05) is 25.0 Å². The summed E-state index contributed by atoms with van der Waals surface area (Å²) >= 11 is 5.70. The third kappa shape index (κ3) is 5.14. The molecule has 2 saturated heterocycles. The number of likely N-dealkylation sites (tertiary alicyclic amines) is 1. The number of nitrogens with zero attached hydrogens (tertiary/aromatic N) is 2. The van der Waals surface area contributed by atoms with Gasteiger partial charge < -0.3 is 15.1 Å². The number of aryl methyl sites for hydroxylation is 1. The third-order valence-electron chi connectivity index (χ3n) is 6.57. The smallest absolute Gasteiger partial charge is 0.241 e. The fourth-order valence-corrected chi connectivity index (χ4v) is 4.92. The lowest BCUT2D eigenvalue weighted by atomic mass is 9.94. The van der Waals surface area contributed by atoms with Crippen LogP contribution in [0.2, 0.25) is 0 Å². The highest BCUT2D eigenvalue weighted by Gasteiger charge is 2.51. The molecule has 2 fully saturated rings.